The van der Waals surface area contributed by atoms with Gasteiger partial charge in [-0.2, -0.15) is 0 Å². The van der Waals surface area contributed by atoms with Crippen LogP contribution in [-0.2, 0) is 17.6 Å². The predicted octanol–water partition coefficient (Wildman–Crippen LogP) is 3.22. The van der Waals surface area contributed by atoms with Crippen LogP contribution in [0.3, 0.4) is 0 Å². The van der Waals surface area contributed by atoms with E-state index in [-0.39, 0.29) is 11.6 Å². The molecule has 0 radical (unpaired) electrons. The summed E-state index contributed by atoms with van der Waals surface area (Å²) >= 11 is 6.23. The fraction of sp³-hybridized carbons (Fsp3) is 0.625. The Bertz CT molecular complexity index is 474. The molecule has 0 spiro atoms. The molecule has 3 nitrogen and oxygen atoms in total. The molecule has 112 valence electrons. The Balaban J connectivity index is 2.27. The Labute approximate surface area is 126 Å². The van der Waals surface area contributed by atoms with Crippen LogP contribution in [0.4, 0.5) is 0 Å². The minimum atomic E-state index is -0.246. The molecule has 1 atom stereocenters. The number of rotatable bonds is 6. The molecule has 0 aliphatic carbocycles. The molecule has 0 saturated heterocycles. The molecule has 0 bridgehead atoms. The molecule has 20 heavy (non-hydrogen) atoms. The Hall–Kier alpha value is -0.770. The van der Waals surface area contributed by atoms with Gasteiger partial charge in [0.05, 0.1) is 12.2 Å². The summed E-state index contributed by atoms with van der Waals surface area (Å²) in [6.07, 6.45) is 1.79. The zero-order valence-electron chi connectivity index (χ0n) is 12.8. The second-order valence-corrected chi connectivity index (χ2v) is 6.21. The summed E-state index contributed by atoms with van der Waals surface area (Å²) in [5.41, 5.74) is 2.14. The summed E-state index contributed by atoms with van der Waals surface area (Å²) in [5.74, 6) is 1.02. The molecule has 1 unspecified atom stereocenters. The number of likely N-dealkylation sites (N-methyl/N-ethyl adjacent to an activating group) is 1. The topological polar surface area (TPSA) is 30.5 Å². The van der Waals surface area contributed by atoms with Crippen molar-refractivity contribution in [2.45, 2.75) is 45.3 Å². The normalized spacial score (nSPS) is 15.8. The first-order valence-electron chi connectivity index (χ1n) is 7.20. The number of methoxy groups -OCH3 is 1. The molecule has 4 heteroatoms. The molecule has 1 aliphatic rings. The minimum Gasteiger partial charge on any atom is -0.493 e. The smallest absolute Gasteiger partial charge is 0.125 e. The lowest BCUT2D eigenvalue weighted by molar-refractivity contribution is -0.00971. The Morgan fingerprint density at radius 2 is 2.20 bits per heavy atom. The number of nitrogens with one attached hydrogen (secondary N) is 1. The van der Waals surface area contributed by atoms with Crippen molar-refractivity contribution >= 4 is 11.6 Å². The third-order valence-electron chi connectivity index (χ3n) is 4.07. The number of benzene rings is 1. The van der Waals surface area contributed by atoms with E-state index >= 15 is 0 Å². The van der Waals surface area contributed by atoms with Crippen molar-refractivity contribution < 1.29 is 9.47 Å². The Morgan fingerprint density at radius 3 is 2.85 bits per heavy atom. The SMILES string of the molecule is CCNC(Cc1cc(Cl)cc2c1OCC2)C(C)(C)OC. The van der Waals surface area contributed by atoms with Gasteiger partial charge >= 0.3 is 0 Å². The summed E-state index contributed by atoms with van der Waals surface area (Å²) in [5, 5.41) is 4.30. The maximum absolute atomic E-state index is 6.23. The van der Waals surface area contributed by atoms with Gasteiger partial charge < -0.3 is 14.8 Å². The van der Waals surface area contributed by atoms with Gasteiger partial charge in [0.1, 0.15) is 5.75 Å². The molecule has 0 amide bonds. The van der Waals surface area contributed by atoms with Gasteiger partial charge in [0.25, 0.3) is 0 Å². The standard InChI is InChI=1S/C16H24ClNO2/c1-5-18-14(16(2,3)19-4)10-12-9-13(17)8-11-6-7-20-15(11)12/h8-9,14,18H,5-7,10H2,1-4H3. The minimum absolute atomic E-state index is 0.212. The molecule has 2 rings (SSSR count). The van der Waals surface area contributed by atoms with Crippen LogP contribution in [0.1, 0.15) is 31.9 Å². The van der Waals surface area contributed by atoms with E-state index in [1.54, 1.807) is 7.11 Å². The summed E-state index contributed by atoms with van der Waals surface area (Å²) in [7, 11) is 1.75. The largest absolute Gasteiger partial charge is 0.493 e. The molecule has 0 fully saturated rings. The van der Waals surface area contributed by atoms with Crippen LogP contribution >= 0.6 is 11.6 Å². The molecule has 1 aliphatic heterocycles. The van der Waals surface area contributed by atoms with Crippen LogP contribution in [-0.4, -0.2) is 31.9 Å². The quantitative estimate of drug-likeness (QED) is 0.874. The third-order valence-corrected chi connectivity index (χ3v) is 4.28. The highest BCUT2D eigenvalue weighted by Gasteiger charge is 2.30. The summed E-state index contributed by atoms with van der Waals surface area (Å²) < 4.78 is 11.4. The number of hydrogen-bond acceptors (Lipinski definition) is 3. The van der Waals surface area contributed by atoms with Crippen LogP contribution in [0.15, 0.2) is 12.1 Å². The molecule has 0 saturated carbocycles. The monoisotopic (exact) mass is 297 g/mol. The van der Waals surface area contributed by atoms with E-state index in [9.17, 15) is 0 Å². The average molecular weight is 298 g/mol. The van der Waals surface area contributed by atoms with E-state index in [1.165, 1.54) is 11.1 Å². The average Bonchev–Trinajstić information content (AvgIpc) is 2.86. The Morgan fingerprint density at radius 1 is 1.45 bits per heavy atom. The van der Waals surface area contributed by atoms with E-state index in [2.05, 4.69) is 26.1 Å². The van der Waals surface area contributed by atoms with E-state index in [0.717, 1.165) is 36.8 Å². The highest BCUT2D eigenvalue weighted by molar-refractivity contribution is 6.30. The fourth-order valence-corrected chi connectivity index (χ4v) is 2.93. The maximum Gasteiger partial charge on any atom is 0.125 e. The third kappa shape index (κ3) is 3.27. The first-order valence-corrected chi connectivity index (χ1v) is 7.58. The number of hydrogen-bond donors (Lipinski definition) is 1. The van der Waals surface area contributed by atoms with E-state index in [1.807, 2.05) is 12.1 Å². The van der Waals surface area contributed by atoms with E-state index in [0.29, 0.717) is 0 Å². The molecule has 1 aromatic rings. The molecule has 1 heterocycles. The van der Waals surface area contributed by atoms with Crippen molar-refractivity contribution in [3.8, 4) is 5.75 Å². The van der Waals surface area contributed by atoms with Crippen molar-refractivity contribution in [3.63, 3.8) is 0 Å². The summed E-state index contributed by atoms with van der Waals surface area (Å²) in [6, 6.07) is 4.24. The lowest BCUT2D eigenvalue weighted by Gasteiger charge is -2.34. The van der Waals surface area contributed by atoms with Gasteiger partial charge in [0.2, 0.25) is 0 Å². The second-order valence-electron chi connectivity index (χ2n) is 5.77. The lowest BCUT2D eigenvalue weighted by atomic mass is 9.91. The van der Waals surface area contributed by atoms with Gasteiger partial charge in [-0.15, -0.1) is 0 Å². The van der Waals surface area contributed by atoms with Crippen LogP contribution < -0.4 is 10.1 Å². The Kier molecular flexibility index (Phi) is 4.95. The van der Waals surface area contributed by atoms with Gasteiger partial charge in [-0.3, -0.25) is 0 Å². The second kappa shape index (κ2) is 6.33. The van der Waals surface area contributed by atoms with E-state index in [4.69, 9.17) is 21.1 Å². The first-order chi connectivity index (χ1) is 9.47. The van der Waals surface area contributed by atoms with Crippen molar-refractivity contribution in [2.75, 3.05) is 20.3 Å². The summed E-state index contributed by atoms with van der Waals surface area (Å²) in [4.78, 5) is 0. The fourth-order valence-electron chi connectivity index (χ4n) is 2.67. The predicted molar refractivity (Wildman–Crippen MR) is 82.9 cm³/mol. The van der Waals surface area contributed by atoms with Crippen LogP contribution in [0.25, 0.3) is 0 Å². The molecule has 1 aromatic carbocycles. The lowest BCUT2D eigenvalue weighted by Crippen LogP contribution is -2.49. The van der Waals surface area contributed by atoms with Crippen molar-refractivity contribution in [2.24, 2.45) is 0 Å². The van der Waals surface area contributed by atoms with Gasteiger partial charge in [-0.05, 0) is 50.1 Å². The number of fused-ring (bicyclic) bond motifs is 1. The molecular weight excluding hydrogens is 274 g/mol. The van der Waals surface area contributed by atoms with Crippen molar-refractivity contribution in [1.82, 2.24) is 5.32 Å². The van der Waals surface area contributed by atoms with Crippen LogP contribution in [0, 0.1) is 0 Å². The zero-order chi connectivity index (χ0) is 14.8. The summed E-state index contributed by atoms with van der Waals surface area (Å²) in [6.45, 7) is 7.97. The molecular formula is C16H24ClNO2. The van der Waals surface area contributed by atoms with Gasteiger partial charge in [-0.25, -0.2) is 0 Å². The highest BCUT2D eigenvalue weighted by atomic mass is 35.5. The number of ether oxygens (including phenoxy) is 2. The zero-order valence-corrected chi connectivity index (χ0v) is 13.5. The molecule has 0 aromatic heterocycles. The maximum atomic E-state index is 6.23. The van der Waals surface area contributed by atoms with Crippen LogP contribution in [0.5, 0.6) is 5.75 Å². The van der Waals surface area contributed by atoms with Gasteiger partial charge in [0.15, 0.2) is 0 Å². The molecule has 1 N–H and O–H groups in total. The van der Waals surface area contributed by atoms with E-state index < -0.39 is 0 Å². The van der Waals surface area contributed by atoms with Crippen LogP contribution in [0.2, 0.25) is 5.02 Å². The van der Waals surface area contributed by atoms with Crippen molar-refractivity contribution in [1.29, 1.82) is 0 Å². The van der Waals surface area contributed by atoms with Gasteiger partial charge in [-0.1, -0.05) is 18.5 Å². The van der Waals surface area contributed by atoms with Crippen molar-refractivity contribution in [3.05, 3.63) is 28.3 Å². The highest BCUT2D eigenvalue weighted by Crippen LogP contribution is 2.34. The number of halogens is 1. The van der Waals surface area contributed by atoms with Gasteiger partial charge in [0, 0.05) is 24.6 Å². The first kappa shape index (κ1) is 15.6.